The van der Waals surface area contributed by atoms with Gasteiger partial charge in [0, 0.05) is 0 Å². The van der Waals surface area contributed by atoms with Crippen molar-refractivity contribution in [2.75, 3.05) is 6.54 Å². The SMILES string of the molecule is CCCNC(c1cc(F)ccc1C)c1occc1C. The fourth-order valence-electron chi connectivity index (χ4n) is 2.24. The molecule has 1 aromatic heterocycles. The van der Waals surface area contributed by atoms with Crippen molar-refractivity contribution in [3.63, 3.8) is 0 Å². The van der Waals surface area contributed by atoms with E-state index in [1.165, 1.54) is 6.07 Å². The van der Waals surface area contributed by atoms with E-state index in [9.17, 15) is 4.39 Å². The van der Waals surface area contributed by atoms with Gasteiger partial charge in [-0.3, -0.25) is 0 Å². The first-order chi connectivity index (χ1) is 9.13. The molecular formula is C16H20FNO. The van der Waals surface area contributed by atoms with Crippen molar-refractivity contribution in [2.45, 2.75) is 33.2 Å². The van der Waals surface area contributed by atoms with Crippen LogP contribution in [0.25, 0.3) is 0 Å². The lowest BCUT2D eigenvalue weighted by Gasteiger charge is -2.20. The largest absolute Gasteiger partial charge is 0.467 e. The lowest BCUT2D eigenvalue weighted by molar-refractivity contribution is 0.442. The van der Waals surface area contributed by atoms with Gasteiger partial charge in [0.2, 0.25) is 0 Å². The molecule has 1 heterocycles. The van der Waals surface area contributed by atoms with Gasteiger partial charge < -0.3 is 9.73 Å². The molecule has 0 aliphatic heterocycles. The van der Waals surface area contributed by atoms with Crippen LogP contribution in [-0.4, -0.2) is 6.54 Å². The van der Waals surface area contributed by atoms with Gasteiger partial charge in [0.15, 0.2) is 0 Å². The van der Waals surface area contributed by atoms with Gasteiger partial charge in [-0.05, 0) is 61.7 Å². The van der Waals surface area contributed by atoms with E-state index in [0.717, 1.165) is 35.4 Å². The van der Waals surface area contributed by atoms with Crippen molar-refractivity contribution in [3.8, 4) is 0 Å². The zero-order valence-corrected chi connectivity index (χ0v) is 11.7. The van der Waals surface area contributed by atoms with E-state index in [0.29, 0.717) is 0 Å². The summed E-state index contributed by atoms with van der Waals surface area (Å²) in [5.41, 5.74) is 3.08. The maximum absolute atomic E-state index is 13.5. The molecule has 19 heavy (non-hydrogen) atoms. The number of halogens is 1. The van der Waals surface area contributed by atoms with Gasteiger partial charge in [-0.1, -0.05) is 13.0 Å². The van der Waals surface area contributed by atoms with Crippen LogP contribution in [0.5, 0.6) is 0 Å². The Morgan fingerprint density at radius 3 is 2.63 bits per heavy atom. The summed E-state index contributed by atoms with van der Waals surface area (Å²) in [4.78, 5) is 0. The molecule has 0 fully saturated rings. The molecule has 0 spiro atoms. The van der Waals surface area contributed by atoms with Crippen LogP contribution in [0, 0.1) is 19.7 Å². The Labute approximate surface area is 113 Å². The Hall–Kier alpha value is -1.61. The van der Waals surface area contributed by atoms with E-state index in [-0.39, 0.29) is 11.9 Å². The molecule has 0 amide bonds. The summed E-state index contributed by atoms with van der Waals surface area (Å²) in [6.07, 6.45) is 2.70. The number of hydrogen-bond acceptors (Lipinski definition) is 2. The van der Waals surface area contributed by atoms with E-state index in [1.54, 1.807) is 12.3 Å². The Kier molecular flexibility index (Phi) is 4.38. The van der Waals surface area contributed by atoms with Crippen LogP contribution in [-0.2, 0) is 0 Å². The van der Waals surface area contributed by atoms with Crippen LogP contribution in [0.1, 0.15) is 41.8 Å². The van der Waals surface area contributed by atoms with Crippen molar-refractivity contribution in [1.82, 2.24) is 5.32 Å². The normalized spacial score (nSPS) is 12.6. The molecule has 2 nitrogen and oxygen atoms in total. The maximum Gasteiger partial charge on any atom is 0.128 e. The van der Waals surface area contributed by atoms with Crippen molar-refractivity contribution in [2.24, 2.45) is 0 Å². The first kappa shape index (κ1) is 13.8. The summed E-state index contributed by atoms with van der Waals surface area (Å²) in [6.45, 7) is 6.97. The summed E-state index contributed by atoms with van der Waals surface area (Å²) >= 11 is 0. The number of hydrogen-bond donors (Lipinski definition) is 1. The van der Waals surface area contributed by atoms with Crippen LogP contribution in [0.15, 0.2) is 34.9 Å². The van der Waals surface area contributed by atoms with Crippen molar-refractivity contribution < 1.29 is 8.81 Å². The van der Waals surface area contributed by atoms with Crippen molar-refractivity contribution in [3.05, 3.63) is 58.8 Å². The molecule has 0 aliphatic carbocycles. The van der Waals surface area contributed by atoms with Crippen molar-refractivity contribution >= 4 is 0 Å². The van der Waals surface area contributed by atoms with E-state index in [2.05, 4.69) is 12.2 Å². The Bertz CT molecular complexity index is 547. The molecule has 0 radical (unpaired) electrons. The Morgan fingerprint density at radius 2 is 2.00 bits per heavy atom. The van der Waals surface area contributed by atoms with Crippen molar-refractivity contribution in [1.29, 1.82) is 0 Å². The predicted octanol–water partition coefficient (Wildman–Crippen LogP) is 4.12. The molecule has 0 saturated carbocycles. The van der Waals surface area contributed by atoms with Gasteiger partial charge in [0.25, 0.3) is 0 Å². The quantitative estimate of drug-likeness (QED) is 0.875. The number of rotatable bonds is 5. The molecule has 2 aromatic rings. The van der Waals surface area contributed by atoms with Crippen LogP contribution in [0.4, 0.5) is 4.39 Å². The number of furan rings is 1. The summed E-state index contributed by atoms with van der Waals surface area (Å²) in [7, 11) is 0. The third-order valence-electron chi connectivity index (χ3n) is 3.31. The molecule has 3 heteroatoms. The minimum absolute atomic E-state index is 0.0920. The second-order valence-corrected chi connectivity index (χ2v) is 4.86. The summed E-state index contributed by atoms with van der Waals surface area (Å²) in [5.74, 6) is 0.648. The minimum Gasteiger partial charge on any atom is -0.467 e. The standard InChI is InChI=1S/C16H20FNO/c1-4-8-18-15(16-12(3)7-9-19-16)14-10-13(17)6-5-11(14)2/h5-7,9-10,15,18H,4,8H2,1-3H3. The molecule has 0 aliphatic rings. The number of nitrogens with one attached hydrogen (secondary N) is 1. The monoisotopic (exact) mass is 261 g/mol. The van der Waals surface area contributed by atoms with E-state index in [1.807, 2.05) is 26.0 Å². The first-order valence-corrected chi connectivity index (χ1v) is 6.67. The highest BCUT2D eigenvalue weighted by Crippen LogP contribution is 2.28. The third-order valence-corrected chi connectivity index (χ3v) is 3.31. The highest BCUT2D eigenvalue weighted by Gasteiger charge is 2.20. The second-order valence-electron chi connectivity index (χ2n) is 4.86. The van der Waals surface area contributed by atoms with E-state index >= 15 is 0 Å². The molecule has 1 aromatic carbocycles. The molecular weight excluding hydrogens is 241 g/mol. The summed E-state index contributed by atoms with van der Waals surface area (Å²) in [5, 5.41) is 3.44. The lowest BCUT2D eigenvalue weighted by atomic mass is 9.97. The molecule has 2 rings (SSSR count). The van der Waals surface area contributed by atoms with Crippen LogP contribution in [0.3, 0.4) is 0 Å². The predicted molar refractivity (Wildman–Crippen MR) is 74.7 cm³/mol. The fraction of sp³-hybridized carbons (Fsp3) is 0.375. The lowest BCUT2D eigenvalue weighted by Crippen LogP contribution is -2.24. The number of benzene rings is 1. The van der Waals surface area contributed by atoms with Gasteiger partial charge in [-0.25, -0.2) is 4.39 Å². The van der Waals surface area contributed by atoms with E-state index in [4.69, 9.17) is 4.42 Å². The Morgan fingerprint density at radius 1 is 1.21 bits per heavy atom. The average molecular weight is 261 g/mol. The number of aryl methyl sites for hydroxylation is 2. The average Bonchev–Trinajstić information content (AvgIpc) is 2.80. The molecule has 1 atom stereocenters. The maximum atomic E-state index is 13.5. The molecule has 0 bridgehead atoms. The van der Waals surface area contributed by atoms with Gasteiger partial charge >= 0.3 is 0 Å². The van der Waals surface area contributed by atoms with Crippen LogP contribution < -0.4 is 5.32 Å². The molecule has 1 unspecified atom stereocenters. The Balaban J connectivity index is 2.42. The van der Waals surface area contributed by atoms with E-state index < -0.39 is 0 Å². The van der Waals surface area contributed by atoms with Gasteiger partial charge in [-0.2, -0.15) is 0 Å². The zero-order chi connectivity index (χ0) is 13.8. The van der Waals surface area contributed by atoms with Gasteiger partial charge in [-0.15, -0.1) is 0 Å². The molecule has 0 saturated heterocycles. The molecule has 1 N–H and O–H groups in total. The van der Waals surface area contributed by atoms with Gasteiger partial charge in [0.05, 0.1) is 12.3 Å². The smallest absolute Gasteiger partial charge is 0.128 e. The first-order valence-electron chi connectivity index (χ1n) is 6.67. The summed E-state index contributed by atoms with van der Waals surface area (Å²) in [6, 6.07) is 6.73. The van der Waals surface area contributed by atoms with Gasteiger partial charge in [0.1, 0.15) is 11.6 Å². The van der Waals surface area contributed by atoms with Crippen LogP contribution >= 0.6 is 0 Å². The minimum atomic E-state index is -0.215. The molecule has 102 valence electrons. The zero-order valence-electron chi connectivity index (χ0n) is 11.7. The summed E-state index contributed by atoms with van der Waals surface area (Å²) < 4.78 is 19.1. The highest BCUT2D eigenvalue weighted by molar-refractivity contribution is 5.36. The second kappa shape index (κ2) is 6.02. The van der Waals surface area contributed by atoms with Crippen LogP contribution in [0.2, 0.25) is 0 Å². The topological polar surface area (TPSA) is 25.2 Å². The highest BCUT2D eigenvalue weighted by atomic mass is 19.1. The fourth-order valence-corrected chi connectivity index (χ4v) is 2.24. The third kappa shape index (κ3) is 3.04.